The zero-order chi connectivity index (χ0) is 9.30. The van der Waals surface area contributed by atoms with Crippen LogP contribution in [0.2, 0.25) is 5.02 Å². The third-order valence-corrected chi connectivity index (χ3v) is 2.12. The topological polar surface area (TPSA) is 12.9 Å². The molecular formula is C8H8ClF2N. The number of rotatable bonds is 1. The van der Waals surface area contributed by atoms with E-state index in [0.29, 0.717) is 16.3 Å². The zero-order valence-electron chi connectivity index (χ0n) is 6.74. The van der Waals surface area contributed by atoms with Crippen molar-refractivity contribution in [3.63, 3.8) is 0 Å². The summed E-state index contributed by atoms with van der Waals surface area (Å²) in [4.78, 5) is 3.65. The number of pyridine rings is 1. The fraction of sp³-hybridized carbons (Fsp3) is 0.375. The molecule has 0 bridgehead atoms. The van der Waals surface area contributed by atoms with Crippen LogP contribution in [-0.2, 0) is 0 Å². The van der Waals surface area contributed by atoms with Crippen molar-refractivity contribution in [2.75, 3.05) is 0 Å². The highest BCUT2D eigenvalue weighted by Crippen LogP contribution is 2.24. The van der Waals surface area contributed by atoms with Crippen LogP contribution in [0.1, 0.15) is 23.4 Å². The third-order valence-electron chi connectivity index (χ3n) is 1.55. The Kier molecular flexibility index (Phi) is 2.62. The summed E-state index contributed by atoms with van der Waals surface area (Å²) in [7, 11) is 0. The number of nitrogens with zero attached hydrogens (tertiary/aromatic N) is 1. The normalized spacial score (nSPS) is 10.8. The molecule has 12 heavy (non-hydrogen) atoms. The van der Waals surface area contributed by atoms with E-state index in [2.05, 4.69) is 4.98 Å². The van der Waals surface area contributed by atoms with Crippen molar-refractivity contribution in [3.8, 4) is 0 Å². The Morgan fingerprint density at radius 1 is 1.42 bits per heavy atom. The quantitative estimate of drug-likeness (QED) is 0.664. The van der Waals surface area contributed by atoms with Crippen molar-refractivity contribution in [2.24, 2.45) is 0 Å². The van der Waals surface area contributed by atoms with Crippen LogP contribution in [0, 0.1) is 13.8 Å². The van der Waals surface area contributed by atoms with E-state index < -0.39 is 6.43 Å². The highest BCUT2D eigenvalue weighted by molar-refractivity contribution is 6.31. The molecule has 1 nitrogen and oxygen atoms in total. The molecule has 0 saturated carbocycles. The van der Waals surface area contributed by atoms with Gasteiger partial charge >= 0.3 is 0 Å². The number of hydrogen-bond acceptors (Lipinski definition) is 1. The minimum atomic E-state index is -2.53. The number of halogens is 3. The molecule has 0 aromatic carbocycles. The maximum absolute atomic E-state index is 12.2. The summed E-state index contributed by atoms with van der Waals surface area (Å²) >= 11 is 5.75. The molecular weight excluding hydrogens is 184 g/mol. The van der Waals surface area contributed by atoms with Gasteiger partial charge in [-0.1, -0.05) is 11.6 Å². The van der Waals surface area contributed by atoms with Gasteiger partial charge in [0.15, 0.2) is 0 Å². The SMILES string of the molecule is Cc1cc(C(F)F)nc(C)c1Cl. The molecule has 0 aliphatic heterocycles. The first kappa shape index (κ1) is 9.39. The van der Waals surface area contributed by atoms with Crippen LogP contribution in [0.25, 0.3) is 0 Å². The summed E-state index contributed by atoms with van der Waals surface area (Å²) in [5.74, 6) is 0. The molecule has 0 atom stereocenters. The molecule has 0 N–H and O–H groups in total. The fourth-order valence-corrected chi connectivity index (χ4v) is 1.05. The van der Waals surface area contributed by atoms with Crippen LogP contribution in [0.3, 0.4) is 0 Å². The highest BCUT2D eigenvalue weighted by atomic mass is 35.5. The minimum absolute atomic E-state index is 0.214. The second-order valence-electron chi connectivity index (χ2n) is 2.56. The molecule has 1 aromatic rings. The summed E-state index contributed by atoms with van der Waals surface area (Å²) in [6.07, 6.45) is -2.53. The molecule has 0 radical (unpaired) electrons. The molecule has 4 heteroatoms. The van der Waals surface area contributed by atoms with Gasteiger partial charge < -0.3 is 0 Å². The second kappa shape index (κ2) is 3.35. The number of hydrogen-bond donors (Lipinski definition) is 0. The lowest BCUT2D eigenvalue weighted by Gasteiger charge is -2.05. The van der Waals surface area contributed by atoms with Crippen molar-refractivity contribution in [3.05, 3.63) is 28.0 Å². The summed E-state index contributed by atoms with van der Waals surface area (Å²) in [5.41, 5.74) is 0.876. The minimum Gasteiger partial charge on any atom is -0.251 e. The predicted molar refractivity (Wildman–Crippen MR) is 43.7 cm³/mol. The van der Waals surface area contributed by atoms with Gasteiger partial charge in [0.25, 0.3) is 6.43 Å². The van der Waals surface area contributed by atoms with Gasteiger partial charge in [0.2, 0.25) is 0 Å². The predicted octanol–water partition coefficient (Wildman–Crippen LogP) is 3.29. The van der Waals surface area contributed by atoms with Gasteiger partial charge in [-0.15, -0.1) is 0 Å². The molecule has 0 spiro atoms. The first-order chi connectivity index (χ1) is 5.52. The maximum atomic E-state index is 12.2. The summed E-state index contributed by atoms with van der Waals surface area (Å²) in [6.45, 7) is 3.30. The lowest BCUT2D eigenvalue weighted by molar-refractivity contribution is 0.146. The van der Waals surface area contributed by atoms with Crippen LogP contribution in [0.15, 0.2) is 6.07 Å². The molecule has 0 saturated heterocycles. The number of alkyl halides is 2. The maximum Gasteiger partial charge on any atom is 0.280 e. The van der Waals surface area contributed by atoms with Crippen LogP contribution in [0.4, 0.5) is 8.78 Å². The number of aryl methyl sites for hydroxylation is 2. The van der Waals surface area contributed by atoms with Crippen LogP contribution >= 0.6 is 11.6 Å². The summed E-state index contributed by atoms with van der Waals surface area (Å²) in [5, 5.41) is 0.458. The Morgan fingerprint density at radius 3 is 2.42 bits per heavy atom. The molecule has 1 heterocycles. The van der Waals surface area contributed by atoms with Crippen molar-refractivity contribution in [1.82, 2.24) is 4.98 Å². The average Bonchev–Trinajstić information content (AvgIpc) is 1.99. The van der Waals surface area contributed by atoms with E-state index in [-0.39, 0.29) is 5.69 Å². The molecule has 0 fully saturated rings. The standard InChI is InChI=1S/C8H8ClF2N/c1-4-3-6(8(10)11)12-5(2)7(4)9/h3,8H,1-2H3. The van der Waals surface area contributed by atoms with Gasteiger partial charge in [0.1, 0.15) is 5.69 Å². The van der Waals surface area contributed by atoms with Crippen molar-refractivity contribution < 1.29 is 8.78 Å². The highest BCUT2D eigenvalue weighted by Gasteiger charge is 2.11. The third kappa shape index (κ3) is 1.72. The average molecular weight is 192 g/mol. The van der Waals surface area contributed by atoms with Gasteiger partial charge in [-0.05, 0) is 25.5 Å². The monoisotopic (exact) mass is 191 g/mol. The Labute approximate surface area is 74.4 Å². The Hall–Kier alpha value is -0.700. The Bertz CT molecular complexity index is 276. The van der Waals surface area contributed by atoms with E-state index in [4.69, 9.17) is 11.6 Å². The lowest BCUT2D eigenvalue weighted by atomic mass is 10.2. The smallest absolute Gasteiger partial charge is 0.251 e. The summed E-state index contributed by atoms with van der Waals surface area (Å²) < 4.78 is 24.3. The van der Waals surface area contributed by atoms with Gasteiger partial charge in [-0.3, -0.25) is 4.98 Å². The van der Waals surface area contributed by atoms with Crippen LogP contribution < -0.4 is 0 Å². The largest absolute Gasteiger partial charge is 0.280 e. The molecule has 0 aliphatic carbocycles. The van der Waals surface area contributed by atoms with Gasteiger partial charge in [0, 0.05) is 0 Å². The van der Waals surface area contributed by atoms with Crippen molar-refractivity contribution >= 4 is 11.6 Å². The molecule has 66 valence electrons. The van der Waals surface area contributed by atoms with E-state index in [0.717, 1.165) is 0 Å². The lowest BCUT2D eigenvalue weighted by Crippen LogP contribution is -1.95. The van der Waals surface area contributed by atoms with Gasteiger partial charge in [0.05, 0.1) is 10.7 Å². The van der Waals surface area contributed by atoms with E-state index in [1.54, 1.807) is 13.8 Å². The molecule has 0 unspecified atom stereocenters. The fourth-order valence-electron chi connectivity index (χ4n) is 0.957. The first-order valence-corrected chi connectivity index (χ1v) is 3.82. The van der Waals surface area contributed by atoms with Crippen LogP contribution in [0.5, 0.6) is 0 Å². The molecule has 0 amide bonds. The van der Waals surface area contributed by atoms with E-state index in [1.807, 2.05) is 0 Å². The van der Waals surface area contributed by atoms with Crippen molar-refractivity contribution in [1.29, 1.82) is 0 Å². The van der Waals surface area contributed by atoms with Gasteiger partial charge in [-0.2, -0.15) is 0 Å². The molecule has 0 aliphatic rings. The Balaban J connectivity index is 3.21. The second-order valence-corrected chi connectivity index (χ2v) is 2.94. The molecule has 1 aromatic heterocycles. The van der Waals surface area contributed by atoms with E-state index in [9.17, 15) is 8.78 Å². The first-order valence-electron chi connectivity index (χ1n) is 3.44. The summed E-state index contributed by atoms with van der Waals surface area (Å²) in [6, 6.07) is 1.31. The van der Waals surface area contributed by atoms with Crippen molar-refractivity contribution in [2.45, 2.75) is 20.3 Å². The van der Waals surface area contributed by atoms with E-state index in [1.165, 1.54) is 6.07 Å². The van der Waals surface area contributed by atoms with E-state index >= 15 is 0 Å². The van der Waals surface area contributed by atoms with Gasteiger partial charge in [-0.25, -0.2) is 8.78 Å². The zero-order valence-corrected chi connectivity index (χ0v) is 7.49. The number of aromatic nitrogens is 1. The Morgan fingerprint density at radius 2 is 2.00 bits per heavy atom. The molecule has 1 rings (SSSR count). The van der Waals surface area contributed by atoms with Crippen LogP contribution in [-0.4, -0.2) is 4.98 Å².